The molecule has 0 spiro atoms. The highest BCUT2D eigenvalue weighted by Gasteiger charge is 2.30. The van der Waals surface area contributed by atoms with Gasteiger partial charge < -0.3 is 10.6 Å². The van der Waals surface area contributed by atoms with E-state index in [2.05, 4.69) is 10.6 Å². The first kappa shape index (κ1) is 20.0. The summed E-state index contributed by atoms with van der Waals surface area (Å²) < 4.78 is 26.3. The van der Waals surface area contributed by atoms with Gasteiger partial charge in [0.15, 0.2) is 11.6 Å². The molecule has 0 bridgehead atoms. The number of carbonyl (C=O) groups is 2. The van der Waals surface area contributed by atoms with Crippen LogP contribution < -0.4 is 10.6 Å². The molecule has 6 heteroatoms. The maximum Gasteiger partial charge on any atom is 0.227 e. The van der Waals surface area contributed by atoms with Gasteiger partial charge in [-0.1, -0.05) is 25.1 Å². The lowest BCUT2D eigenvalue weighted by molar-refractivity contribution is -0.125. The van der Waals surface area contributed by atoms with E-state index in [0.29, 0.717) is 25.7 Å². The average Bonchev–Trinajstić information content (AvgIpc) is 2.71. The van der Waals surface area contributed by atoms with Gasteiger partial charge in [0.2, 0.25) is 11.8 Å². The molecule has 1 fully saturated rings. The van der Waals surface area contributed by atoms with Crippen molar-refractivity contribution in [2.75, 3.05) is 10.6 Å². The Morgan fingerprint density at radius 3 is 2.11 bits per heavy atom. The van der Waals surface area contributed by atoms with Gasteiger partial charge in [0, 0.05) is 29.3 Å². The monoisotopic (exact) mass is 386 g/mol. The Labute approximate surface area is 163 Å². The predicted molar refractivity (Wildman–Crippen MR) is 105 cm³/mol. The van der Waals surface area contributed by atoms with Gasteiger partial charge in [-0.2, -0.15) is 0 Å². The van der Waals surface area contributed by atoms with E-state index < -0.39 is 11.6 Å². The number of halogens is 2. The molecule has 0 aliphatic heterocycles. The number of hydrogen-bond donors (Lipinski definition) is 2. The summed E-state index contributed by atoms with van der Waals surface area (Å²) >= 11 is 0. The molecule has 2 amide bonds. The second kappa shape index (κ2) is 8.95. The molecule has 1 saturated carbocycles. The van der Waals surface area contributed by atoms with Crippen molar-refractivity contribution in [3.63, 3.8) is 0 Å². The van der Waals surface area contributed by atoms with E-state index in [9.17, 15) is 18.4 Å². The average molecular weight is 386 g/mol. The van der Waals surface area contributed by atoms with Gasteiger partial charge in [-0.05, 0) is 55.9 Å². The van der Waals surface area contributed by atoms with E-state index >= 15 is 0 Å². The molecule has 0 unspecified atom stereocenters. The van der Waals surface area contributed by atoms with Gasteiger partial charge in [0.05, 0.1) is 0 Å². The highest BCUT2D eigenvalue weighted by molar-refractivity contribution is 5.94. The molecule has 4 nitrogen and oxygen atoms in total. The van der Waals surface area contributed by atoms with Crippen molar-refractivity contribution in [2.24, 2.45) is 11.8 Å². The predicted octanol–water partition coefficient (Wildman–Crippen LogP) is 4.91. The molecular weight excluding hydrogens is 362 g/mol. The number of anilines is 2. The zero-order valence-electron chi connectivity index (χ0n) is 15.8. The van der Waals surface area contributed by atoms with Gasteiger partial charge in [-0.15, -0.1) is 0 Å². The maximum atomic E-state index is 13.3. The van der Waals surface area contributed by atoms with Crippen LogP contribution in [0.1, 0.15) is 38.2 Å². The SMILES string of the molecule is CCc1ccccc1NC(=O)C1CCC(C(=O)Nc2ccc(F)c(F)c2)CC1. The Hall–Kier alpha value is -2.76. The Kier molecular flexibility index (Phi) is 6.39. The molecule has 0 radical (unpaired) electrons. The van der Waals surface area contributed by atoms with Crippen molar-refractivity contribution >= 4 is 23.2 Å². The minimum atomic E-state index is -0.995. The summed E-state index contributed by atoms with van der Waals surface area (Å²) in [6.45, 7) is 2.04. The number of hydrogen-bond acceptors (Lipinski definition) is 2. The van der Waals surface area contributed by atoms with Crippen LogP contribution >= 0.6 is 0 Å². The van der Waals surface area contributed by atoms with E-state index in [-0.39, 0.29) is 29.3 Å². The smallest absolute Gasteiger partial charge is 0.227 e. The normalized spacial score (nSPS) is 19.1. The Balaban J connectivity index is 1.52. The van der Waals surface area contributed by atoms with E-state index in [1.54, 1.807) is 0 Å². The number of para-hydroxylation sites is 1. The Morgan fingerprint density at radius 1 is 0.893 bits per heavy atom. The van der Waals surface area contributed by atoms with Crippen molar-refractivity contribution < 1.29 is 18.4 Å². The van der Waals surface area contributed by atoms with Gasteiger partial charge in [-0.25, -0.2) is 8.78 Å². The second-order valence-corrected chi connectivity index (χ2v) is 7.17. The van der Waals surface area contributed by atoms with Crippen LogP contribution in [0.5, 0.6) is 0 Å². The molecule has 0 saturated heterocycles. The van der Waals surface area contributed by atoms with Gasteiger partial charge in [0.1, 0.15) is 0 Å². The van der Waals surface area contributed by atoms with Gasteiger partial charge in [-0.3, -0.25) is 9.59 Å². The molecule has 3 rings (SSSR count). The molecule has 0 heterocycles. The zero-order valence-corrected chi connectivity index (χ0v) is 15.8. The summed E-state index contributed by atoms with van der Waals surface area (Å²) in [5.41, 5.74) is 2.17. The third-order valence-corrected chi connectivity index (χ3v) is 5.31. The highest BCUT2D eigenvalue weighted by atomic mass is 19.2. The lowest BCUT2D eigenvalue weighted by Gasteiger charge is -2.27. The summed E-state index contributed by atoms with van der Waals surface area (Å²) in [5, 5.41) is 5.64. The fourth-order valence-electron chi connectivity index (χ4n) is 3.62. The minimum Gasteiger partial charge on any atom is -0.326 e. The van der Waals surface area contributed by atoms with Crippen LogP contribution in [0.4, 0.5) is 20.2 Å². The summed E-state index contributed by atoms with van der Waals surface area (Å²) in [5.74, 6) is -2.54. The van der Waals surface area contributed by atoms with Crippen LogP contribution in [0.3, 0.4) is 0 Å². The van der Waals surface area contributed by atoms with Crippen LogP contribution in [0.15, 0.2) is 42.5 Å². The first-order valence-corrected chi connectivity index (χ1v) is 9.62. The van der Waals surface area contributed by atoms with E-state index in [1.807, 2.05) is 31.2 Å². The maximum absolute atomic E-state index is 13.3. The van der Waals surface area contributed by atoms with Crippen molar-refractivity contribution in [2.45, 2.75) is 39.0 Å². The summed E-state index contributed by atoms with van der Waals surface area (Å²) in [4.78, 5) is 25.0. The number of carbonyl (C=O) groups excluding carboxylic acids is 2. The molecule has 0 aromatic heterocycles. The first-order chi connectivity index (χ1) is 13.5. The van der Waals surface area contributed by atoms with Crippen molar-refractivity contribution in [1.82, 2.24) is 0 Å². The third kappa shape index (κ3) is 4.74. The van der Waals surface area contributed by atoms with Crippen molar-refractivity contribution in [3.8, 4) is 0 Å². The van der Waals surface area contributed by atoms with Crippen LogP contribution in [0.25, 0.3) is 0 Å². The van der Waals surface area contributed by atoms with E-state index in [0.717, 1.165) is 29.8 Å². The topological polar surface area (TPSA) is 58.2 Å². The molecule has 1 aliphatic carbocycles. The number of nitrogens with one attached hydrogen (secondary N) is 2. The van der Waals surface area contributed by atoms with E-state index in [1.165, 1.54) is 6.07 Å². The quantitative estimate of drug-likeness (QED) is 0.767. The molecular formula is C22H24F2N2O2. The van der Waals surface area contributed by atoms with Crippen molar-refractivity contribution in [1.29, 1.82) is 0 Å². The minimum absolute atomic E-state index is 0.0136. The molecule has 2 aromatic carbocycles. The van der Waals surface area contributed by atoms with Crippen LogP contribution in [-0.2, 0) is 16.0 Å². The summed E-state index contributed by atoms with van der Waals surface area (Å²) in [7, 11) is 0. The number of rotatable bonds is 5. The standard InChI is InChI=1S/C22H24F2N2O2/c1-2-14-5-3-4-6-20(14)26-22(28)16-9-7-15(8-10-16)21(27)25-17-11-12-18(23)19(24)13-17/h3-6,11-13,15-16H,2,7-10H2,1H3,(H,25,27)(H,26,28). The largest absolute Gasteiger partial charge is 0.326 e. The Morgan fingerprint density at radius 2 is 1.50 bits per heavy atom. The number of aryl methyl sites for hydroxylation is 1. The first-order valence-electron chi connectivity index (χ1n) is 9.62. The van der Waals surface area contributed by atoms with Crippen LogP contribution in [-0.4, -0.2) is 11.8 Å². The number of amides is 2. The molecule has 148 valence electrons. The second-order valence-electron chi connectivity index (χ2n) is 7.17. The molecule has 28 heavy (non-hydrogen) atoms. The lowest BCUT2D eigenvalue weighted by atomic mass is 9.81. The fourth-order valence-corrected chi connectivity index (χ4v) is 3.62. The van der Waals surface area contributed by atoms with Gasteiger partial charge in [0.25, 0.3) is 0 Å². The fraction of sp³-hybridized carbons (Fsp3) is 0.364. The third-order valence-electron chi connectivity index (χ3n) is 5.31. The zero-order chi connectivity index (χ0) is 20.1. The summed E-state index contributed by atoms with van der Waals surface area (Å²) in [6, 6.07) is 11.0. The lowest BCUT2D eigenvalue weighted by Crippen LogP contribution is -2.32. The molecule has 0 atom stereocenters. The molecule has 2 N–H and O–H groups in total. The molecule has 2 aromatic rings. The van der Waals surface area contributed by atoms with Crippen molar-refractivity contribution in [3.05, 3.63) is 59.7 Å². The summed E-state index contributed by atoms with van der Waals surface area (Å²) in [6.07, 6.45) is 3.26. The highest BCUT2D eigenvalue weighted by Crippen LogP contribution is 2.31. The molecule has 1 aliphatic rings. The van der Waals surface area contributed by atoms with Crippen LogP contribution in [0, 0.1) is 23.5 Å². The Bertz CT molecular complexity index is 861. The van der Waals surface area contributed by atoms with Gasteiger partial charge >= 0.3 is 0 Å². The van der Waals surface area contributed by atoms with E-state index in [4.69, 9.17) is 0 Å². The van der Waals surface area contributed by atoms with Crippen LogP contribution in [0.2, 0.25) is 0 Å². The number of benzene rings is 2.